The van der Waals surface area contributed by atoms with Crippen molar-refractivity contribution in [2.45, 2.75) is 6.92 Å². The Balaban J connectivity index is 2.67. The molecular formula is C13H15N3O2. The summed E-state index contributed by atoms with van der Waals surface area (Å²) in [5.41, 5.74) is 4.67. The van der Waals surface area contributed by atoms with Gasteiger partial charge in [0.2, 0.25) is 0 Å². The second kappa shape index (κ2) is 4.62. The summed E-state index contributed by atoms with van der Waals surface area (Å²) in [6, 6.07) is 7.16. The van der Waals surface area contributed by atoms with Crippen molar-refractivity contribution in [3.63, 3.8) is 0 Å². The molecule has 2 N–H and O–H groups in total. The molecule has 0 unspecified atom stereocenters. The lowest BCUT2D eigenvalue weighted by molar-refractivity contribution is 0.0706. The zero-order chi connectivity index (χ0) is 13.3. The normalized spacial score (nSPS) is 10.4. The maximum atomic E-state index is 11.4. The van der Waals surface area contributed by atoms with Crippen molar-refractivity contribution in [1.82, 2.24) is 10.5 Å². The number of benzene rings is 1. The van der Waals surface area contributed by atoms with Crippen LogP contribution in [0.3, 0.4) is 0 Å². The van der Waals surface area contributed by atoms with Crippen LogP contribution in [-0.4, -0.2) is 30.2 Å². The topological polar surface area (TPSA) is 65.5 Å². The van der Waals surface area contributed by atoms with Crippen molar-refractivity contribution >= 4 is 22.5 Å². The molecule has 0 aliphatic rings. The second-order valence-corrected chi connectivity index (χ2v) is 4.35. The lowest BCUT2D eigenvalue weighted by Crippen LogP contribution is -2.18. The van der Waals surface area contributed by atoms with Gasteiger partial charge >= 0.3 is 0 Å². The van der Waals surface area contributed by atoms with E-state index in [0.29, 0.717) is 5.56 Å². The van der Waals surface area contributed by atoms with Gasteiger partial charge in [-0.25, -0.2) is 5.48 Å². The maximum Gasteiger partial charge on any atom is 0.274 e. The highest BCUT2D eigenvalue weighted by atomic mass is 16.5. The minimum Gasteiger partial charge on any atom is -0.377 e. The monoisotopic (exact) mass is 245 g/mol. The van der Waals surface area contributed by atoms with Crippen molar-refractivity contribution in [2.24, 2.45) is 0 Å². The number of amides is 1. The number of hydroxylamine groups is 1. The molecule has 5 nitrogen and oxygen atoms in total. The molecule has 0 fully saturated rings. The Morgan fingerprint density at radius 3 is 2.67 bits per heavy atom. The molecule has 1 aromatic heterocycles. The molecule has 2 aromatic rings. The number of fused-ring (bicyclic) bond motifs is 1. The van der Waals surface area contributed by atoms with Crippen LogP contribution in [0.4, 0.5) is 5.69 Å². The molecule has 0 saturated heterocycles. The number of nitrogens with zero attached hydrogens (tertiary/aromatic N) is 2. The Labute approximate surface area is 105 Å². The highest BCUT2D eigenvalue weighted by Crippen LogP contribution is 2.26. The van der Waals surface area contributed by atoms with E-state index in [0.717, 1.165) is 22.3 Å². The molecule has 94 valence electrons. The molecule has 0 aliphatic heterocycles. The first-order valence-corrected chi connectivity index (χ1v) is 5.56. The van der Waals surface area contributed by atoms with Crippen molar-refractivity contribution in [1.29, 1.82) is 0 Å². The highest BCUT2D eigenvalue weighted by Gasteiger charge is 2.09. The molecule has 0 bridgehead atoms. The van der Waals surface area contributed by atoms with Crippen LogP contribution in [0.5, 0.6) is 0 Å². The zero-order valence-corrected chi connectivity index (χ0v) is 10.6. The van der Waals surface area contributed by atoms with Gasteiger partial charge < -0.3 is 4.90 Å². The summed E-state index contributed by atoms with van der Waals surface area (Å²) in [5, 5.41) is 9.60. The third-order valence-electron chi connectivity index (χ3n) is 2.76. The average Bonchev–Trinajstić information content (AvgIpc) is 2.35. The lowest BCUT2D eigenvalue weighted by Gasteiger charge is -2.16. The molecule has 1 heterocycles. The standard InChI is InChI=1S/C13H15N3O2/c1-8-6-12(16(2)3)10-5-4-9(13(17)15-18)7-11(10)14-8/h4-7,18H,1-3H3,(H,15,17). The van der Waals surface area contributed by atoms with E-state index in [-0.39, 0.29) is 0 Å². The number of rotatable bonds is 2. The molecular weight excluding hydrogens is 230 g/mol. The van der Waals surface area contributed by atoms with E-state index in [1.807, 2.05) is 38.1 Å². The quantitative estimate of drug-likeness (QED) is 0.624. The number of carbonyl (C=O) groups excluding carboxylic acids is 1. The van der Waals surface area contributed by atoms with Gasteiger partial charge in [-0.1, -0.05) is 0 Å². The maximum absolute atomic E-state index is 11.4. The molecule has 0 saturated carbocycles. The van der Waals surface area contributed by atoms with Crippen molar-refractivity contribution in [3.05, 3.63) is 35.5 Å². The zero-order valence-electron chi connectivity index (χ0n) is 10.6. The van der Waals surface area contributed by atoms with E-state index in [1.54, 1.807) is 17.6 Å². The van der Waals surface area contributed by atoms with Crippen molar-refractivity contribution < 1.29 is 10.0 Å². The summed E-state index contributed by atoms with van der Waals surface area (Å²) in [4.78, 5) is 17.8. The summed E-state index contributed by atoms with van der Waals surface area (Å²) in [6.45, 7) is 1.91. The van der Waals surface area contributed by atoms with E-state index in [1.165, 1.54) is 0 Å². The molecule has 5 heteroatoms. The van der Waals surface area contributed by atoms with E-state index in [2.05, 4.69) is 4.98 Å². The first kappa shape index (κ1) is 12.3. The number of nitrogens with one attached hydrogen (secondary N) is 1. The molecule has 0 radical (unpaired) electrons. The number of carbonyl (C=O) groups is 1. The van der Waals surface area contributed by atoms with Crippen molar-refractivity contribution in [3.8, 4) is 0 Å². The predicted octanol–water partition coefficient (Wildman–Crippen LogP) is 1.73. The Bertz CT molecular complexity index is 608. The van der Waals surface area contributed by atoms with E-state index < -0.39 is 5.91 Å². The first-order chi connectivity index (χ1) is 8.52. The second-order valence-electron chi connectivity index (χ2n) is 4.35. The Morgan fingerprint density at radius 2 is 2.06 bits per heavy atom. The third kappa shape index (κ3) is 2.12. The largest absolute Gasteiger partial charge is 0.377 e. The van der Waals surface area contributed by atoms with Gasteiger partial charge in [-0.3, -0.25) is 15.0 Å². The molecule has 1 aromatic carbocycles. The summed E-state index contributed by atoms with van der Waals surface area (Å²) >= 11 is 0. The molecule has 1 amide bonds. The lowest BCUT2D eigenvalue weighted by atomic mass is 10.1. The van der Waals surface area contributed by atoms with Crippen LogP contribution in [0.2, 0.25) is 0 Å². The average molecular weight is 245 g/mol. The predicted molar refractivity (Wildman–Crippen MR) is 70.1 cm³/mol. The van der Waals surface area contributed by atoms with Crippen LogP contribution in [-0.2, 0) is 0 Å². The van der Waals surface area contributed by atoms with Crippen LogP contribution >= 0.6 is 0 Å². The summed E-state index contributed by atoms with van der Waals surface area (Å²) in [5.74, 6) is -0.536. The number of hydrogen-bond donors (Lipinski definition) is 2. The van der Waals surface area contributed by atoms with Gasteiger partial charge in [-0.2, -0.15) is 0 Å². The van der Waals surface area contributed by atoms with E-state index >= 15 is 0 Å². The first-order valence-electron chi connectivity index (χ1n) is 5.56. The Kier molecular flexibility index (Phi) is 3.16. The van der Waals surface area contributed by atoms with Crippen LogP contribution in [0.25, 0.3) is 10.9 Å². The minimum atomic E-state index is -0.536. The highest BCUT2D eigenvalue weighted by molar-refractivity contribution is 6.00. The Hall–Kier alpha value is -2.14. The fourth-order valence-corrected chi connectivity index (χ4v) is 1.91. The van der Waals surface area contributed by atoms with E-state index in [9.17, 15) is 4.79 Å². The van der Waals surface area contributed by atoms with Gasteiger partial charge in [0, 0.05) is 36.4 Å². The van der Waals surface area contributed by atoms with Crippen molar-refractivity contribution in [2.75, 3.05) is 19.0 Å². The SMILES string of the molecule is Cc1cc(N(C)C)c2ccc(C(=O)NO)cc2n1. The summed E-state index contributed by atoms with van der Waals surface area (Å²) in [7, 11) is 3.92. The van der Waals surface area contributed by atoms with Crippen LogP contribution in [0, 0.1) is 6.92 Å². The number of anilines is 1. The van der Waals surface area contributed by atoms with Crippen LogP contribution in [0.15, 0.2) is 24.3 Å². The third-order valence-corrected chi connectivity index (χ3v) is 2.76. The van der Waals surface area contributed by atoms with Crippen LogP contribution in [0.1, 0.15) is 16.1 Å². The van der Waals surface area contributed by atoms with E-state index in [4.69, 9.17) is 5.21 Å². The summed E-state index contributed by atoms with van der Waals surface area (Å²) in [6.07, 6.45) is 0. The van der Waals surface area contributed by atoms with Gasteiger partial charge in [0.1, 0.15) is 0 Å². The van der Waals surface area contributed by atoms with Gasteiger partial charge in [-0.15, -0.1) is 0 Å². The number of hydrogen-bond acceptors (Lipinski definition) is 4. The molecule has 18 heavy (non-hydrogen) atoms. The summed E-state index contributed by atoms with van der Waals surface area (Å²) < 4.78 is 0. The fraction of sp³-hybridized carbons (Fsp3) is 0.231. The van der Waals surface area contributed by atoms with Gasteiger partial charge in [-0.05, 0) is 31.2 Å². The van der Waals surface area contributed by atoms with Crippen LogP contribution < -0.4 is 10.4 Å². The Morgan fingerprint density at radius 1 is 1.33 bits per heavy atom. The molecule has 0 atom stereocenters. The molecule has 0 aliphatic carbocycles. The minimum absolute atomic E-state index is 0.382. The van der Waals surface area contributed by atoms with Gasteiger partial charge in [0.15, 0.2) is 0 Å². The number of pyridine rings is 1. The van der Waals surface area contributed by atoms with Gasteiger partial charge in [0.25, 0.3) is 5.91 Å². The number of aromatic nitrogens is 1. The molecule has 0 spiro atoms. The van der Waals surface area contributed by atoms with Gasteiger partial charge in [0.05, 0.1) is 5.52 Å². The number of aryl methyl sites for hydroxylation is 1. The smallest absolute Gasteiger partial charge is 0.274 e. The fourth-order valence-electron chi connectivity index (χ4n) is 1.91. The molecule has 2 rings (SSSR count).